The number of carbonyl (C=O) groups is 1. The van der Waals surface area contributed by atoms with Gasteiger partial charge in [-0.1, -0.05) is 13.0 Å². The summed E-state index contributed by atoms with van der Waals surface area (Å²) in [6, 6.07) is 4.82. The van der Waals surface area contributed by atoms with E-state index in [9.17, 15) is 13.6 Å². The summed E-state index contributed by atoms with van der Waals surface area (Å²) < 4.78 is 26.6. The number of amides is 1. The molecule has 0 spiro atoms. The van der Waals surface area contributed by atoms with Crippen LogP contribution in [0.3, 0.4) is 0 Å². The minimum absolute atomic E-state index is 0.0466. The normalized spacial score (nSPS) is 27.3. The number of halogens is 2. The maximum atomic E-state index is 13.5. The van der Waals surface area contributed by atoms with Gasteiger partial charge in [0.1, 0.15) is 0 Å². The van der Waals surface area contributed by atoms with Gasteiger partial charge in [0, 0.05) is 31.1 Å². The number of likely N-dealkylation sites (tertiary alicyclic amines) is 1. The second-order valence-electron chi connectivity index (χ2n) is 7.76. The van der Waals surface area contributed by atoms with Gasteiger partial charge in [-0.3, -0.25) is 4.79 Å². The molecule has 0 unspecified atom stereocenters. The quantitative estimate of drug-likeness (QED) is 0.812. The van der Waals surface area contributed by atoms with Crippen molar-refractivity contribution in [1.29, 1.82) is 0 Å². The Morgan fingerprint density at radius 2 is 1.80 bits per heavy atom. The average molecular weight is 348 g/mol. The highest BCUT2D eigenvalue weighted by Gasteiger charge is 2.50. The summed E-state index contributed by atoms with van der Waals surface area (Å²) >= 11 is 0. The summed E-state index contributed by atoms with van der Waals surface area (Å²) in [6.07, 6.45) is 5.10. The smallest absolute Gasteiger partial charge is 0.226 e. The monoisotopic (exact) mass is 348 g/mol. The predicted molar refractivity (Wildman–Crippen MR) is 92.2 cm³/mol. The SMILES string of the molecule is CCN1CCC(N(C(=O)[C@@H]2C[C@H]2c2ccc(F)c(F)c2)C2CC2)CC1. The zero-order valence-corrected chi connectivity index (χ0v) is 14.8. The maximum absolute atomic E-state index is 13.5. The van der Waals surface area contributed by atoms with Gasteiger partial charge < -0.3 is 9.80 Å². The summed E-state index contributed by atoms with van der Waals surface area (Å²) in [5.41, 5.74) is 0.758. The molecule has 5 heteroatoms. The van der Waals surface area contributed by atoms with E-state index in [2.05, 4.69) is 16.7 Å². The minimum Gasteiger partial charge on any atom is -0.336 e. The van der Waals surface area contributed by atoms with Crippen molar-refractivity contribution in [3.63, 3.8) is 0 Å². The zero-order chi connectivity index (χ0) is 17.6. The van der Waals surface area contributed by atoms with Crippen LogP contribution in [0.1, 0.15) is 50.5 Å². The van der Waals surface area contributed by atoms with Crippen molar-refractivity contribution >= 4 is 5.91 Å². The Morgan fingerprint density at radius 1 is 1.12 bits per heavy atom. The molecule has 2 atom stereocenters. The van der Waals surface area contributed by atoms with Crippen molar-refractivity contribution in [1.82, 2.24) is 9.80 Å². The second-order valence-corrected chi connectivity index (χ2v) is 7.76. The Hall–Kier alpha value is -1.49. The topological polar surface area (TPSA) is 23.6 Å². The Labute approximate surface area is 148 Å². The fourth-order valence-corrected chi connectivity index (χ4v) is 4.30. The van der Waals surface area contributed by atoms with Crippen LogP contribution in [0.2, 0.25) is 0 Å². The van der Waals surface area contributed by atoms with Crippen LogP contribution >= 0.6 is 0 Å². The molecule has 3 nitrogen and oxygen atoms in total. The van der Waals surface area contributed by atoms with Crippen LogP contribution in [0.5, 0.6) is 0 Å². The molecule has 3 aliphatic rings. The number of nitrogens with zero attached hydrogens (tertiary/aromatic N) is 2. The molecule has 0 aromatic heterocycles. The van der Waals surface area contributed by atoms with Crippen LogP contribution in [0.15, 0.2) is 18.2 Å². The molecular weight excluding hydrogens is 322 g/mol. The number of carbonyl (C=O) groups excluding carboxylic acids is 1. The van der Waals surface area contributed by atoms with Crippen molar-refractivity contribution in [3.05, 3.63) is 35.4 Å². The minimum atomic E-state index is -0.824. The van der Waals surface area contributed by atoms with E-state index in [1.165, 1.54) is 12.1 Å². The number of piperidine rings is 1. The Kier molecular flexibility index (Phi) is 4.52. The van der Waals surface area contributed by atoms with Crippen LogP contribution in [0.25, 0.3) is 0 Å². The Morgan fingerprint density at radius 3 is 2.40 bits per heavy atom. The molecule has 2 aliphatic carbocycles. The number of rotatable bonds is 5. The molecule has 1 aromatic rings. The molecule has 4 rings (SSSR count). The molecule has 136 valence electrons. The first-order chi connectivity index (χ1) is 12.1. The summed E-state index contributed by atoms with van der Waals surface area (Å²) in [4.78, 5) is 17.7. The van der Waals surface area contributed by atoms with E-state index in [1.54, 1.807) is 6.07 Å². The highest BCUT2D eigenvalue weighted by atomic mass is 19.2. The van der Waals surface area contributed by atoms with Gasteiger partial charge in [0.25, 0.3) is 0 Å². The van der Waals surface area contributed by atoms with Crippen molar-refractivity contribution < 1.29 is 13.6 Å². The molecular formula is C20H26F2N2O. The van der Waals surface area contributed by atoms with Gasteiger partial charge in [0.15, 0.2) is 11.6 Å². The maximum Gasteiger partial charge on any atom is 0.226 e. The van der Waals surface area contributed by atoms with Gasteiger partial charge in [-0.25, -0.2) is 8.78 Å². The third-order valence-electron chi connectivity index (χ3n) is 6.07. The van der Waals surface area contributed by atoms with Gasteiger partial charge in [0.2, 0.25) is 5.91 Å². The van der Waals surface area contributed by atoms with Crippen molar-refractivity contribution in [2.45, 2.75) is 57.0 Å². The predicted octanol–water partition coefficient (Wildman–Crippen LogP) is 3.54. The molecule has 0 bridgehead atoms. The fraction of sp³-hybridized carbons (Fsp3) is 0.650. The lowest BCUT2D eigenvalue weighted by Gasteiger charge is -2.38. The highest BCUT2D eigenvalue weighted by molar-refractivity contribution is 5.84. The van der Waals surface area contributed by atoms with Crippen molar-refractivity contribution in [2.24, 2.45) is 5.92 Å². The molecule has 3 fully saturated rings. The first-order valence-electron chi connectivity index (χ1n) is 9.58. The molecule has 0 N–H and O–H groups in total. The van der Waals surface area contributed by atoms with Crippen molar-refractivity contribution in [3.8, 4) is 0 Å². The summed E-state index contributed by atoms with van der Waals surface area (Å²) in [5.74, 6) is -1.39. The summed E-state index contributed by atoms with van der Waals surface area (Å²) in [6.45, 7) is 5.38. The van der Waals surface area contributed by atoms with Crippen LogP contribution in [0.4, 0.5) is 8.78 Å². The summed E-state index contributed by atoms with van der Waals surface area (Å²) in [5, 5.41) is 0. The lowest BCUT2D eigenvalue weighted by atomic mass is 10.0. The van der Waals surface area contributed by atoms with E-state index in [-0.39, 0.29) is 17.7 Å². The van der Waals surface area contributed by atoms with E-state index >= 15 is 0 Å². The Balaban J connectivity index is 1.43. The van der Waals surface area contributed by atoms with E-state index in [0.717, 1.165) is 57.3 Å². The van der Waals surface area contributed by atoms with Crippen LogP contribution < -0.4 is 0 Å². The molecule has 0 radical (unpaired) electrons. The van der Waals surface area contributed by atoms with Gasteiger partial charge in [-0.15, -0.1) is 0 Å². The second kappa shape index (κ2) is 6.67. The molecule has 1 amide bonds. The molecule has 25 heavy (non-hydrogen) atoms. The lowest BCUT2D eigenvalue weighted by molar-refractivity contribution is -0.136. The first kappa shape index (κ1) is 17.0. The zero-order valence-electron chi connectivity index (χ0n) is 14.8. The van der Waals surface area contributed by atoms with Gasteiger partial charge in [-0.05, 0) is 62.3 Å². The number of hydrogen-bond donors (Lipinski definition) is 0. The molecule has 1 aromatic carbocycles. The number of benzene rings is 1. The summed E-state index contributed by atoms with van der Waals surface area (Å²) in [7, 11) is 0. The van der Waals surface area contributed by atoms with E-state index in [4.69, 9.17) is 0 Å². The van der Waals surface area contributed by atoms with Gasteiger partial charge >= 0.3 is 0 Å². The fourth-order valence-electron chi connectivity index (χ4n) is 4.30. The molecule has 1 heterocycles. The average Bonchev–Trinajstić information content (AvgIpc) is 3.52. The van der Waals surface area contributed by atoms with E-state index in [1.807, 2.05) is 0 Å². The third kappa shape index (κ3) is 3.43. The third-order valence-corrected chi connectivity index (χ3v) is 6.07. The molecule has 1 saturated heterocycles. The molecule has 1 aliphatic heterocycles. The van der Waals surface area contributed by atoms with Gasteiger partial charge in [0.05, 0.1) is 0 Å². The standard InChI is InChI=1S/C20H26F2N2O/c1-2-23-9-7-15(8-10-23)24(14-4-5-14)20(25)17-12-16(17)13-3-6-18(21)19(22)11-13/h3,6,11,14-17H,2,4-5,7-10,12H2,1H3/t16-,17+/m0/s1. The van der Waals surface area contributed by atoms with Crippen LogP contribution in [0, 0.1) is 17.6 Å². The Bertz CT molecular complexity index is 653. The van der Waals surface area contributed by atoms with E-state index in [0.29, 0.717) is 12.1 Å². The van der Waals surface area contributed by atoms with Crippen LogP contribution in [-0.2, 0) is 4.79 Å². The molecule has 2 saturated carbocycles. The van der Waals surface area contributed by atoms with E-state index < -0.39 is 11.6 Å². The highest BCUT2D eigenvalue weighted by Crippen LogP contribution is 2.50. The largest absolute Gasteiger partial charge is 0.336 e. The lowest BCUT2D eigenvalue weighted by Crippen LogP contribution is -2.49. The van der Waals surface area contributed by atoms with Crippen LogP contribution in [-0.4, -0.2) is 47.4 Å². The van der Waals surface area contributed by atoms with Gasteiger partial charge in [-0.2, -0.15) is 0 Å². The van der Waals surface area contributed by atoms with Crippen molar-refractivity contribution in [2.75, 3.05) is 19.6 Å². The number of hydrogen-bond acceptors (Lipinski definition) is 2. The first-order valence-corrected chi connectivity index (χ1v) is 9.58.